The Balaban J connectivity index is 2.05. The molecule has 0 spiro atoms. The summed E-state index contributed by atoms with van der Waals surface area (Å²) in [6, 6.07) is 17.5. The molecule has 2 aromatic rings. The lowest BCUT2D eigenvalue weighted by atomic mass is 9.90. The highest BCUT2D eigenvalue weighted by molar-refractivity contribution is 7.98. The lowest BCUT2D eigenvalue weighted by Crippen LogP contribution is -2.20. The standard InChI is InChI=1S/C17H19NS/c1-12-10-19-11-15-8-7-14(9-16(15)17(12)18)13-5-3-2-4-6-13/h2-9,12,17H,10-11,18H2,1H3. The second-order valence-electron chi connectivity index (χ2n) is 5.30. The summed E-state index contributed by atoms with van der Waals surface area (Å²) in [5.41, 5.74) is 11.7. The van der Waals surface area contributed by atoms with Crippen molar-refractivity contribution in [3.8, 4) is 11.1 Å². The van der Waals surface area contributed by atoms with Gasteiger partial charge in [-0.15, -0.1) is 0 Å². The topological polar surface area (TPSA) is 26.0 Å². The van der Waals surface area contributed by atoms with Crippen LogP contribution in [0.4, 0.5) is 0 Å². The fraction of sp³-hybridized carbons (Fsp3) is 0.294. The Hall–Kier alpha value is -1.25. The van der Waals surface area contributed by atoms with Gasteiger partial charge in [-0.05, 0) is 40.0 Å². The van der Waals surface area contributed by atoms with E-state index in [1.165, 1.54) is 22.3 Å². The molecule has 0 aromatic heterocycles. The van der Waals surface area contributed by atoms with Crippen LogP contribution in [0.3, 0.4) is 0 Å². The number of benzene rings is 2. The van der Waals surface area contributed by atoms with Crippen LogP contribution in [0, 0.1) is 5.92 Å². The van der Waals surface area contributed by atoms with Crippen LogP contribution in [-0.2, 0) is 5.75 Å². The summed E-state index contributed by atoms with van der Waals surface area (Å²) >= 11 is 1.99. The summed E-state index contributed by atoms with van der Waals surface area (Å²) in [6.07, 6.45) is 0. The van der Waals surface area contributed by atoms with E-state index in [0.717, 1.165) is 11.5 Å². The molecular formula is C17H19NS. The SMILES string of the molecule is CC1CSCc2ccc(-c3ccccc3)cc2C1N. The Labute approximate surface area is 119 Å². The van der Waals surface area contributed by atoms with Crippen LogP contribution in [0.5, 0.6) is 0 Å². The Kier molecular flexibility index (Phi) is 3.63. The molecule has 3 rings (SSSR count). The quantitative estimate of drug-likeness (QED) is 0.838. The molecule has 2 unspecified atom stereocenters. The number of hydrogen-bond acceptors (Lipinski definition) is 2. The predicted octanol–water partition coefficient (Wildman–Crippen LogP) is 4.24. The maximum atomic E-state index is 6.42. The minimum atomic E-state index is 0.161. The second kappa shape index (κ2) is 5.40. The predicted molar refractivity (Wildman–Crippen MR) is 84.1 cm³/mol. The zero-order chi connectivity index (χ0) is 13.2. The monoisotopic (exact) mass is 269 g/mol. The van der Waals surface area contributed by atoms with Crippen LogP contribution in [0.2, 0.25) is 0 Å². The zero-order valence-corrected chi connectivity index (χ0v) is 12.0. The summed E-state index contributed by atoms with van der Waals surface area (Å²) in [4.78, 5) is 0. The van der Waals surface area contributed by atoms with Gasteiger partial charge in [-0.25, -0.2) is 0 Å². The normalized spacial score (nSPS) is 22.6. The van der Waals surface area contributed by atoms with E-state index in [-0.39, 0.29) is 6.04 Å². The van der Waals surface area contributed by atoms with E-state index in [1.54, 1.807) is 0 Å². The summed E-state index contributed by atoms with van der Waals surface area (Å²) in [5.74, 6) is 2.77. The molecule has 1 heterocycles. The van der Waals surface area contributed by atoms with E-state index in [1.807, 2.05) is 11.8 Å². The number of hydrogen-bond donors (Lipinski definition) is 1. The molecule has 0 saturated heterocycles. The largest absolute Gasteiger partial charge is 0.324 e. The van der Waals surface area contributed by atoms with Crippen LogP contribution < -0.4 is 5.73 Å². The molecule has 0 fully saturated rings. The summed E-state index contributed by atoms with van der Waals surface area (Å²) < 4.78 is 0. The Morgan fingerprint density at radius 2 is 1.84 bits per heavy atom. The van der Waals surface area contributed by atoms with Gasteiger partial charge in [0.1, 0.15) is 0 Å². The van der Waals surface area contributed by atoms with Crippen molar-refractivity contribution >= 4 is 11.8 Å². The fourth-order valence-corrected chi connectivity index (χ4v) is 3.79. The molecule has 2 N–H and O–H groups in total. The molecule has 0 aliphatic carbocycles. The highest BCUT2D eigenvalue weighted by atomic mass is 32.2. The Bertz CT molecular complexity index is 565. The van der Waals surface area contributed by atoms with E-state index in [2.05, 4.69) is 55.5 Å². The molecule has 0 amide bonds. The number of rotatable bonds is 1. The average molecular weight is 269 g/mol. The first-order valence-electron chi connectivity index (χ1n) is 6.77. The molecule has 1 nitrogen and oxygen atoms in total. The first-order chi connectivity index (χ1) is 9.25. The highest BCUT2D eigenvalue weighted by Gasteiger charge is 2.22. The first-order valence-corrected chi connectivity index (χ1v) is 7.93. The first kappa shape index (κ1) is 12.8. The molecule has 2 atom stereocenters. The average Bonchev–Trinajstić information content (AvgIpc) is 2.60. The van der Waals surface area contributed by atoms with Gasteiger partial charge < -0.3 is 5.73 Å². The number of fused-ring (bicyclic) bond motifs is 1. The lowest BCUT2D eigenvalue weighted by molar-refractivity contribution is 0.524. The van der Waals surface area contributed by atoms with Crippen molar-refractivity contribution in [1.29, 1.82) is 0 Å². The molecule has 1 aliphatic heterocycles. The molecule has 2 heteroatoms. The summed E-state index contributed by atoms with van der Waals surface area (Å²) in [5, 5.41) is 0. The van der Waals surface area contributed by atoms with Gasteiger partial charge in [0.05, 0.1) is 0 Å². The third-order valence-electron chi connectivity index (χ3n) is 3.86. The van der Waals surface area contributed by atoms with Crippen LogP contribution in [0.25, 0.3) is 11.1 Å². The van der Waals surface area contributed by atoms with Gasteiger partial charge in [-0.2, -0.15) is 11.8 Å². The summed E-state index contributed by atoms with van der Waals surface area (Å²) in [7, 11) is 0. The molecule has 0 radical (unpaired) electrons. The van der Waals surface area contributed by atoms with Gasteiger partial charge in [-0.3, -0.25) is 0 Å². The van der Waals surface area contributed by atoms with Gasteiger partial charge in [0.25, 0.3) is 0 Å². The molecule has 0 bridgehead atoms. The van der Waals surface area contributed by atoms with Crippen molar-refractivity contribution in [3.63, 3.8) is 0 Å². The number of nitrogens with two attached hydrogens (primary N) is 1. The van der Waals surface area contributed by atoms with Gasteiger partial charge in [0, 0.05) is 11.8 Å². The molecule has 2 aromatic carbocycles. The van der Waals surface area contributed by atoms with Crippen LogP contribution >= 0.6 is 11.8 Å². The van der Waals surface area contributed by atoms with Crippen LogP contribution in [0.1, 0.15) is 24.1 Å². The second-order valence-corrected chi connectivity index (χ2v) is 6.33. The zero-order valence-electron chi connectivity index (χ0n) is 11.2. The molecule has 98 valence electrons. The van der Waals surface area contributed by atoms with Crippen molar-refractivity contribution in [2.45, 2.75) is 18.7 Å². The van der Waals surface area contributed by atoms with Gasteiger partial charge in [0.15, 0.2) is 0 Å². The Morgan fingerprint density at radius 3 is 2.63 bits per heavy atom. The fourth-order valence-electron chi connectivity index (χ4n) is 2.61. The molecule has 1 aliphatic rings. The van der Waals surface area contributed by atoms with Crippen LogP contribution in [-0.4, -0.2) is 5.75 Å². The summed E-state index contributed by atoms with van der Waals surface area (Å²) in [6.45, 7) is 2.25. The van der Waals surface area contributed by atoms with E-state index >= 15 is 0 Å². The van der Waals surface area contributed by atoms with Gasteiger partial charge in [0.2, 0.25) is 0 Å². The third kappa shape index (κ3) is 2.56. The van der Waals surface area contributed by atoms with Crippen molar-refractivity contribution in [3.05, 3.63) is 59.7 Å². The maximum absolute atomic E-state index is 6.42. The van der Waals surface area contributed by atoms with E-state index < -0.39 is 0 Å². The number of thioether (sulfide) groups is 1. The van der Waals surface area contributed by atoms with Crippen molar-refractivity contribution in [2.75, 3.05) is 5.75 Å². The van der Waals surface area contributed by atoms with Gasteiger partial charge >= 0.3 is 0 Å². The third-order valence-corrected chi connectivity index (χ3v) is 5.14. The van der Waals surface area contributed by atoms with Crippen molar-refractivity contribution in [1.82, 2.24) is 0 Å². The minimum Gasteiger partial charge on any atom is -0.324 e. The Morgan fingerprint density at radius 1 is 1.05 bits per heavy atom. The van der Waals surface area contributed by atoms with Crippen molar-refractivity contribution < 1.29 is 0 Å². The molecule has 0 saturated carbocycles. The smallest absolute Gasteiger partial charge is 0.0332 e. The van der Waals surface area contributed by atoms with Crippen LogP contribution in [0.15, 0.2) is 48.5 Å². The minimum absolute atomic E-state index is 0.161. The van der Waals surface area contributed by atoms with Crippen molar-refractivity contribution in [2.24, 2.45) is 11.7 Å². The lowest BCUT2D eigenvalue weighted by Gasteiger charge is -2.19. The maximum Gasteiger partial charge on any atom is 0.0332 e. The highest BCUT2D eigenvalue weighted by Crippen LogP contribution is 2.35. The van der Waals surface area contributed by atoms with Gasteiger partial charge in [-0.1, -0.05) is 49.4 Å². The van der Waals surface area contributed by atoms with E-state index in [9.17, 15) is 0 Å². The molecule has 19 heavy (non-hydrogen) atoms. The van der Waals surface area contributed by atoms with E-state index in [0.29, 0.717) is 5.92 Å². The molecular weight excluding hydrogens is 250 g/mol. The van der Waals surface area contributed by atoms with E-state index in [4.69, 9.17) is 5.73 Å².